The van der Waals surface area contributed by atoms with Gasteiger partial charge in [-0.1, -0.05) is 32.1 Å². The summed E-state index contributed by atoms with van der Waals surface area (Å²) >= 11 is 0. The minimum atomic E-state index is 0.151. The molecule has 0 aromatic carbocycles. The molecule has 1 saturated carbocycles. The Kier molecular flexibility index (Phi) is 3.25. The highest BCUT2D eigenvalue weighted by atomic mass is 16.3. The molecule has 0 bridgehead atoms. The second kappa shape index (κ2) is 4.37. The molecule has 0 unspecified atom stereocenters. The third kappa shape index (κ3) is 1.86. The van der Waals surface area contributed by atoms with Crippen molar-refractivity contribution in [2.45, 2.75) is 46.0 Å². The SMILES string of the molecule is C=C(CO)[C@@H]1CC=C2CCC[C@H](C)[C@@]2(C)C1. The molecule has 1 nitrogen and oxygen atoms in total. The summed E-state index contributed by atoms with van der Waals surface area (Å²) < 4.78 is 0. The van der Waals surface area contributed by atoms with Crippen molar-refractivity contribution < 1.29 is 5.11 Å². The second-order valence-corrected chi connectivity index (χ2v) is 5.89. The first-order valence-electron chi connectivity index (χ1n) is 6.56. The standard InChI is InChI=1S/C15H24O/c1-11(10-16)13-7-8-14-6-4-5-12(2)15(14,3)9-13/h8,12-13,16H,1,4-7,9-10H2,2-3H3/t12-,13+,15+/m0/s1. The van der Waals surface area contributed by atoms with E-state index in [9.17, 15) is 5.11 Å². The lowest BCUT2D eigenvalue weighted by molar-refractivity contribution is 0.148. The zero-order valence-corrected chi connectivity index (χ0v) is 10.6. The maximum atomic E-state index is 9.21. The van der Waals surface area contributed by atoms with Crippen LogP contribution in [0.25, 0.3) is 0 Å². The summed E-state index contributed by atoms with van der Waals surface area (Å²) in [5, 5.41) is 9.21. The smallest absolute Gasteiger partial charge is 0.0641 e. The van der Waals surface area contributed by atoms with Crippen LogP contribution in [0.3, 0.4) is 0 Å². The van der Waals surface area contributed by atoms with Gasteiger partial charge in [-0.25, -0.2) is 0 Å². The van der Waals surface area contributed by atoms with Crippen molar-refractivity contribution >= 4 is 0 Å². The molecule has 0 amide bonds. The van der Waals surface area contributed by atoms with Crippen LogP contribution in [-0.4, -0.2) is 11.7 Å². The lowest BCUT2D eigenvalue weighted by Crippen LogP contribution is -2.36. The number of hydrogen-bond acceptors (Lipinski definition) is 1. The number of rotatable bonds is 2. The van der Waals surface area contributed by atoms with Crippen LogP contribution in [-0.2, 0) is 0 Å². The van der Waals surface area contributed by atoms with E-state index in [2.05, 4.69) is 26.5 Å². The number of hydrogen-bond donors (Lipinski definition) is 1. The topological polar surface area (TPSA) is 20.2 Å². The van der Waals surface area contributed by atoms with Crippen molar-refractivity contribution in [1.82, 2.24) is 0 Å². The highest BCUT2D eigenvalue weighted by Gasteiger charge is 2.41. The first-order chi connectivity index (χ1) is 7.58. The third-order valence-electron chi connectivity index (χ3n) is 5.00. The maximum absolute atomic E-state index is 9.21. The average Bonchev–Trinajstić information content (AvgIpc) is 2.29. The van der Waals surface area contributed by atoms with Crippen molar-refractivity contribution in [3.63, 3.8) is 0 Å². The van der Waals surface area contributed by atoms with Gasteiger partial charge in [0.15, 0.2) is 0 Å². The predicted octanol–water partition coefficient (Wildman–Crippen LogP) is 3.70. The summed E-state index contributed by atoms with van der Waals surface area (Å²) in [6.45, 7) is 8.96. The Balaban J connectivity index is 2.21. The highest BCUT2D eigenvalue weighted by molar-refractivity contribution is 5.24. The number of aliphatic hydroxyl groups excluding tert-OH is 1. The number of aliphatic hydroxyl groups is 1. The molecule has 2 aliphatic carbocycles. The summed E-state index contributed by atoms with van der Waals surface area (Å²) in [4.78, 5) is 0. The molecule has 0 heterocycles. The zero-order valence-electron chi connectivity index (χ0n) is 10.6. The third-order valence-corrected chi connectivity index (χ3v) is 5.00. The fourth-order valence-corrected chi connectivity index (χ4v) is 3.51. The first-order valence-corrected chi connectivity index (χ1v) is 6.56. The molecule has 0 aromatic heterocycles. The van der Waals surface area contributed by atoms with Crippen LogP contribution < -0.4 is 0 Å². The molecule has 0 radical (unpaired) electrons. The molecule has 0 aromatic rings. The van der Waals surface area contributed by atoms with Gasteiger partial charge in [0.1, 0.15) is 0 Å². The lowest BCUT2D eigenvalue weighted by Gasteiger charge is -2.47. The van der Waals surface area contributed by atoms with Crippen molar-refractivity contribution in [2.75, 3.05) is 6.61 Å². The van der Waals surface area contributed by atoms with E-state index in [0.29, 0.717) is 11.3 Å². The average molecular weight is 220 g/mol. The van der Waals surface area contributed by atoms with Crippen LogP contribution in [0.1, 0.15) is 46.0 Å². The summed E-state index contributed by atoms with van der Waals surface area (Å²) in [6.07, 6.45) is 8.72. The molecule has 1 fully saturated rings. The van der Waals surface area contributed by atoms with Gasteiger partial charge in [0.05, 0.1) is 6.61 Å². The minimum Gasteiger partial charge on any atom is -0.392 e. The Hall–Kier alpha value is -0.560. The van der Waals surface area contributed by atoms with E-state index in [4.69, 9.17) is 0 Å². The largest absolute Gasteiger partial charge is 0.392 e. The molecule has 3 atom stereocenters. The van der Waals surface area contributed by atoms with Crippen LogP contribution in [0.2, 0.25) is 0 Å². The number of fused-ring (bicyclic) bond motifs is 1. The van der Waals surface area contributed by atoms with Crippen molar-refractivity contribution in [3.05, 3.63) is 23.8 Å². The van der Waals surface area contributed by atoms with Crippen LogP contribution in [0.4, 0.5) is 0 Å². The molecule has 1 heteroatoms. The molecule has 2 rings (SSSR count). The highest BCUT2D eigenvalue weighted by Crippen LogP contribution is 2.52. The minimum absolute atomic E-state index is 0.151. The van der Waals surface area contributed by atoms with E-state index in [1.807, 2.05) is 0 Å². The Morgan fingerprint density at radius 1 is 1.62 bits per heavy atom. The molecular formula is C15H24O. The van der Waals surface area contributed by atoms with Gasteiger partial charge in [-0.3, -0.25) is 0 Å². The lowest BCUT2D eigenvalue weighted by atomic mass is 9.58. The fourth-order valence-electron chi connectivity index (χ4n) is 3.51. The Bertz CT molecular complexity index is 315. The van der Waals surface area contributed by atoms with Gasteiger partial charge in [0.25, 0.3) is 0 Å². The van der Waals surface area contributed by atoms with E-state index in [1.54, 1.807) is 5.57 Å². The molecule has 16 heavy (non-hydrogen) atoms. The summed E-state index contributed by atoms with van der Waals surface area (Å²) in [5.41, 5.74) is 3.07. The van der Waals surface area contributed by atoms with Gasteiger partial charge in [-0.15, -0.1) is 0 Å². The molecular weight excluding hydrogens is 196 g/mol. The van der Waals surface area contributed by atoms with Crippen molar-refractivity contribution in [1.29, 1.82) is 0 Å². The first kappa shape index (κ1) is 11.9. The van der Waals surface area contributed by atoms with Crippen LogP contribution in [0, 0.1) is 17.3 Å². The Morgan fingerprint density at radius 3 is 3.06 bits per heavy atom. The van der Waals surface area contributed by atoms with Gasteiger partial charge in [-0.2, -0.15) is 0 Å². The quantitative estimate of drug-likeness (QED) is 0.704. The Labute approximate surface area is 99.3 Å². The molecule has 0 spiro atoms. The van der Waals surface area contributed by atoms with Crippen LogP contribution in [0.5, 0.6) is 0 Å². The monoisotopic (exact) mass is 220 g/mol. The van der Waals surface area contributed by atoms with Gasteiger partial charge in [-0.05, 0) is 54.9 Å². The molecule has 1 N–H and O–H groups in total. The zero-order chi connectivity index (χ0) is 11.8. The van der Waals surface area contributed by atoms with Gasteiger partial charge in [0, 0.05) is 0 Å². The predicted molar refractivity (Wildman–Crippen MR) is 68.2 cm³/mol. The maximum Gasteiger partial charge on any atom is 0.0641 e. The Morgan fingerprint density at radius 2 is 2.38 bits per heavy atom. The molecule has 0 saturated heterocycles. The fraction of sp³-hybridized carbons (Fsp3) is 0.733. The van der Waals surface area contributed by atoms with E-state index >= 15 is 0 Å². The summed E-state index contributed by atoms with van der Waals surface area (Å²) in [7, 11) is 0. The van der Waals surface area contributed by atoms with Crippen molar-refractivity contribution in [3.8, 4) is 0 Å². The van der Waals surface area contributed by atoms with Crippen LogP contribution >= 0.6 is 0 Å². The number of allylic oxidation sites excluding steroid dienone is 2. The second-order valence-electron chi connectivity index (χ2n) is 5.89. The van der Waals surface area contributed by atoms with Crippen molar-refractivity contribution in [2.24, 2.45) is 17.3 Å². The summed E-state index contributed by atoms with van der Waals surface area (Å²) in [6, 6.07) is 0. The van der Waals surface area contributed by atoms with E-state index < -0.39 is 0 Å². The molecule has 0 aliphatic heterocycles. The van der Waals surface area contributed by atoms with E-state index in [0.717, 1.165) is 17.9 Å². The van der Waals surface area contributed by atoms with Gasteiger partial charge in [0.2, 0.25) is 0 Å². The van der Waals surface area contributed by atoms with E-state index in [1.165, 1.54) is 25.7 Å². The summed E-state index contributed by atoms with van der Waals surface area (Å²) in [5.74, 6) is 1.28. The van der Waals surface area contributed by atoms with Gasteiger partial charge >= 0.3 is 0 Å². The van der Waals surface area contributed by atoms with Gasteiger partial charge < -0.3 is 5.11 Å². The van der Waals surface area contributed by atoms with E-state index in [-0.39, 0.29) is 6.61 Å². The molecule has 2 aliphatic rings. The van der Waals surface area contributed by atoms with Crippen LogP contribution in [0.15, 0.2) is 23.8 Å². The normalized spacial score (nSPS) is 38.8. The molecule has 90 valence electrons.